The van der Waals surface area contributed by atoms with Gasteiger partial charge in [-0.1, -0.05) is 33.1 Å². The largest absolute Gasteiger partial charge is 0.393 e. The summed E-state index contributed by atoms with van der Waals surface area (Å²) in [5.41, 5.74) is -1.56. The molecule has 0 aliphatic heterocycles. The molecule has 2 rings (SSSR count). The molecule has 0 aromatic rings. The first-order chi connectivity index (χ1) is 10.4. The lowest BCUT2D eigenvalue weighted by Crippen LogP contribution is -2.41. The molecule has 2 nitrogen and oxygen atoms in total. The van der Waals surface area contributed by atoms with Crippen LogP contribution in [0.1, 0.15) is 65.2 Å². The van der Waals surface area contributed by atoms with Crippen LogP contribution < -0.4 is 0 Å². The average Bonchev–Trinajstić information content (AvgIpc) is 2.85. The minimum absolute atomic E-state index is 0.154. The first-order valence-corrected chi connectivity index (χ1v) is 8.88. The first kappa shape index (κ1) is 18.1. The smallest absolute Gasteiger partial charge is 0.121 e. The molecule has 0 aromatic carbocycles. The van der Waals surface area contributed by atoms with E-state index < -0.39 is 19.0 Å². The molecule has 0 amide bonds. The lowest BCUT2D eigenvalue weighted by atomic mass is 9.61. The summed E-state index contributed by atoms with van der Waals surface area (Å²) in [5.74, 6) is 1.47. The predicted molar refractivity (Wildman–Crippen MR) is 84.1 cm³/mol. The van der Waals surface area contributed by atoms with Crippen molar-refractivity contribution in [3.63, 3.8) is 0 Å². The van der Waals surface area contributed by atoms with Gasteiger partial charge in [-0.25, -0.2) is 8.78 Å². The van der Waals surface area contributed by atoms with Crippen molar-refractivity contribution in [3.8, 4) is 0 Å². The van der Waals surface area contributed by atoms with Crippen molar-refractivity contribution in [2.75, 3.05) is 13.3 Å². The van der Waals surface area contributed by atoms with Crippen LogP contribution in [0.2, 0.25) is 0 Å². The highest BCUT2D eigenvalue weighted by Crippen LogP contribution is 2.58. The SMILES string of the molecule is CC(CCCC(O)(CF)CF)[C@H]1CC[C@H]2[C@@H](O)CCC[C@]12C. The second-order valence-corrected chi connectivity index (χ2v) is 8.12. The van der Waals surface area contributed by atoms with Gasteiger partial charge in [0.2, 0.25) is 0 Å². The van der Waals surface area contributed by atoms with Crippen molar-refractivity contribution in [2.24, 2.45) is 23.2 Å². The topological polar surface area (TPSA) is 40.5 Å². The van der Waals surface area contributed by atoms with E-state index in [1.807, 2.05) is 0 Å². The van der Waals surface area contributed by atoms with E-state index in [0.717, 1.165) is 32.1 Å². The van der Waals surface area contributed by atoms with Crippen molar-refractivity contribution in [2.45, 2.75) is 76.9 Å². The van der Waals surface area contributed by atoms with E-state index in [2.05, 4.69) is 13.8 Å². The van der Waals surface area contributed by atoms with Crippen LogP contribution >= 0.6 is 0 Å². The summed E-state index contributed by atoms with van der Waals surface area (Å²) in [7, 11) is 0. The monoisotopic (exact) mass is 318 g/mol. The summed E-state index contributed by atoms with van der Waals surface area (Å²) in [6, 6.07) is 0. The van der Waals surface area contributed by atoms with Gasteiger partial charge in [-0.3, -0.25) is 0 Å². The van der Waals surface area contributed by atoms with Gasteiger partial charge >= 0.3 is 0 Å². The fraction of sp³-hybridized carbons (Fsp3) is 1.00. The van der Waals surface area contributed by atoms with Gasteiger partial charge in [-0.15, -0.1) is 0 Å². The van der Waals surface area contributed by atoms with Crippen LogP contribution in [0.4, 0.5) is 8.78 Å². The molecule has 22 heavy (non-hydrogen) atoms. The maximum absolute atomic E-state index is 12.7. The number of fused-ring (bicyclic) bond motifs is 1. The van der Waals surface area contributed by atoms with Gasteiger partial charge in [0.05, 0.1) is 6.10 Å². The number of rotatable bonds is 7. The minimum atomic E-state index is -1.77. The zero-order chi connectivity index (χ0) is 16.4. The molecule has 2 saturated carbocycles. The number of aliphatic hydroxyl groups excluding tert-OH is 1. The summed E-state index contributed by atoms with van der Waals surface area (Å²) >= 11 is 0. The zero-order valence-corrected chi connectivity index (χ0v) is 14.0. The van der Waals surface area contributed by atoms with E-state index >= 15 is 0 Å². The Morgan fingerprint density at radius 2 is 1.91 bits per heavy atom. The molecule has 2 fully saturated rings. The van der Waals surface area contributed by atoms with Crippen LogP contribution in [0.15, 0.2) is 0 Å². The van der Waals surface area contributed by atoms with Gasteiger partial charge in [-0.05, 0) is 55.3 Å². The standard InChI is InChI=1S/C18H32F2O2/c1-13(5-3-10-18(22,11-19)12-20)14-7-8-15-16(21)6-4-9-17(14,15)2/h13-16,21-22H,3-12H2,1-2H3/t13?,14-,15+,16+,17-/m1/s1. The third-order valence-corrected chi connectivity index (χ3v) is 6.65. The van der Waals surface area contributed by atoms with Crippen LogP contribution in [0, 0.1) is 23.2 Å². The van der Waals surface area contributed by atoms with Crippen LogP contribution in [0.25, 0.3) is 0 Å². The van der Waals surface area contributed by atoms with E-state index in [1.165, 1.54) is 6.42 Å². The molecular formula is C18H32F2O2. The second-order valence-electron chi connectivity index (χ2n) is 8.12. The number of hydrogen-bond donors (Lipinski definition) is 2. The van der Waals surface area contributed by atoms with Gasteiger partial charge in [0.25, 0.3) is 0 Å². The van der Waals surface area contributed by atoms with E-state index in [-0.39, 0.29) is 17.9 Å². The summed E-state index contributed by atoms with van der Waals surface area (Å²) in [6.07, 6.45) is 7.06. The highest BCUT2D eigenvalue weighted by Gasteiger charge is 2.52. The third kappa shape index (κ3) is 3.48. The van der Waals surface area contributed by atoms with E-state index in [4.69, 9.17) is 0 Å². The first-order valence-electron chi connectivity index (χ1n) is 8.88. The predicted octanol–water partition coefficient (Wildman–Crippen LogP) is 4.04. The molecule has 2 aliphatic rings. The van der Waals surface area contributed by atoms with Crippen molar-refractivity contribution < 1.29 is 19.0 Å². The van der Waals surface area contributed by atoms with Gasteiger partial charge < -0.3 is 10.2 Å². The second kappa shape index (κ2) is 7.12. The molecule has 130 valence electrons. The highest BCUT2D eigenvalue weighted by atomic mass is 19.1. The van der Waals surface area contributed by atoms with Crippen LogP contribution in [-0.2, 0) is 0 Å². The molecule has 1 unspecified atom stereocenters. The Morgan fingerprint density at radius 1 is 1.23 bits per heavy atom. The number of halogens is 2. The number of aliphatic hydroxyl groups is 2. The Labute approximate surface area is 133 Å². The Balaban J connectivity index is 1.89. The van der Waals surface area contributed by atoms with Gasteiger partial charge in [-0.2, -0.15) is 0 Å². The van der Waals surface area contributed by atoms with Crippen molar-refractivity contribution in [1.82, 2.24) is 0 Å². The molecule has 0 spiro atoms. The Kier molecular flexibility index (Phi) is 5.87. The normalized spacial score (nSPS) is 37.1. The van der Waals surface area contributed by atoms with Gasteiger partial charge in [0, 0.05) is 0 Å². The maximum Gasteiger partial charge on any atom is 0.121 e. The van der Waals surface area contributed by atoms with Crippen molar-refractivity contribution in [3.05, 3.63) is 0 Å². The molecule has 0 radical (unpaired) electrons. The summed E-state index contributed by atoms with van der Waals surface area (Å²) in [4.78, 5) is 0. The van der Waals surface area contributed by atoms with E-state index in [9.17, 15) is 19.0 Å². The van der Waals surface area contributed by atoms with Crippen LogP contribution in [-0.4, -0.2) is 35.3 Å². The van der Waals surface area contributed by atoms with E-state index in [1.54, 1.807) is 0 Å². The number of hydrogen-bond acceptors (Lipinski definition) is 2. The summed E-state index contributed by atoms with van der Waals surface area (Å²) < 4.78 is 25.4. The van der Waals surface area contributed by atoms with Crippen LogP contribution in [0.3, 0.4) is 0 Å². The Bertz CT molecular complexity index is 359. The van der Waals surface area contributed by atoms with Crippen molar-refractivity contribution >= 4 is 0 Å². The zero-order valence-electron chi connectivity index (χ0n) is 14.0. The molecule has 0 saturated heterocycles. The molecule has 2 N–H and O–H groups in total. The molecule has 0 bridgehead atoms. The Morgan fingerprint density at radius 3 is 2.55 bits per heavy atom. The number of alkyl halides is 2. The molecule has 2 aliphatic carbocycles. The average molecular weight is 318 g/mol. The molecule has 0 aromatic heterocycles. The maximum atomic E-state index is 12.7. The highest BCUT2D eigenvalue weighted by molar-refractivity contribution is 5.01. The molecule has 5 atom stereocenters. The third-order valence-electron chi connectivity index (χ3n) is 6.65. The molecule has 4 heteroatoms. The van der Waals surface area contributed by atoms with Gasteiger partial charge in [0.1, 0.15) is 19.0 Å². The minimum Gasteiger partial charge on any atom is -0.393 e. The fourth-order valence-electron chi connectivity index (χ4n) is 5.25. The molecular weight excluding hydrogens is 286 g/mol. The Hall–Kier alpha value is -0.220. The summed E-state index contributed by atoms with van der Waals surface area (Å²) in [6.45, 7) is 2.54. The fourth-order valence-corrected chi connectivity index (χ4v) is 5.25. The van der Waals surface area contributed by atoms with Crippen LogP contribution in [0.5, 0.6) is 0 Å². The quantitative estimate of drug-likeness (QED) is 0.744. The molecule has 0 heterocycles. The lowest BCUT2D eigenvalue weighted by Gasteiger charge is -2.45. The van der Waals surface area contributed by atoms with E-state index in [0.29, 0.717) is 24.2 Å². The van der Waals surface area contributed by atoms with Gasteiger partial charge in [0.15, 0.2) is 0 Å². The lowest BCUT2D eigenvalue weighted by molar-refractivity contribution is -0.0314. The van der Waals surface area contributed by atoms with Crippen molar-refractivity contribution in [1.29, 1.82) is 0 Å². The summed E-state index contributed by atoms with van der Waals surface area (Å²) in [5, 5.41) is 20.0.